The molecule has 3 saturated heterocycles. The molecule has 17 unspecified atom stereocenters. The maximum atomic E-state index is 15.2. The van der Waals surface area contributed by atoms with E-state index in [1.165, 1.54) is 20.8 Å². The number of nitriles is 1. The number of hydrogen-bond acceptors (Lipinski definition) is 42. The molecule has 1 saturated carbocycles. The molecule has 51 heteroatoms. The molecule has 4 rings (SSSR count). The van der Waals surface area contributed by atoms with Crippen LogP contribution in [0.5, 0.6) is 0 Å². The number of nitrogens with zero attached hydrogens (tertiary/aromatic N) is 3. The Morgan fingerprint density at radius 3 is 1.03 bits per heavy atom. The van der Waals surface area contributed by atoms with Crippen molar-refractivity contribution in [2.45, 2.75) is 259 Å². The summed E-state index contributed by atoms with van der Waals surface area (Å²) in [5.41, 5.74) is 0. The summed E-state index contributed by atoms with van der Waals surface area (Å²) >= 11 is 0. The second-order valence-electron chi connectivity index (χ2n) is 31.2. The number of carbonyl (C=O) groups is 17. The lowest BCUT2D eigenvalue weighted by molar-refractivity contribution is -0.279. The zero-order valence-corrected chi connectivity index (χ0v) is 80.1. The van der Waals surface area contributed by atoms with Crippen LogP contribution >= 0.6 is 8.53 Å². The van der Waals surface area contributed by atoms with Crippen molar-refractivity contribution >= 4 is 110 Å². The van der Waals surface area contributed by atoms with Gasteiger partial charge >= 0.3 is 53.7 Å². The highest BCUT2D eigenvalue weighted by atomic mass is 31.2. The van der Waals surface area contributed by atoms with E-state index in [1.807, 2.05) is 25.4 Å². The summed E-state index contributed by atoms with van der Waals surface area (Å²) in [6.45, 7) is 15.9. The van der Waals surface area contributed by atoms with Gasteiger partial charge in [0.05, 0.1) is 124 Å². The molecule has 0 bridgehead atoms. The maximum absolute atomic E-state index is 15.2. The van der Waals surface area contributed by atoms with Crippen LogP contribution in [0.3, 0.4) is 0 Å². The molecule has 766 valence electrons. The molecule has 0 radical (unpaired) electrons. The zero-order valence-electron chi connectivity index (χ0n) is 79.2. The van der Waals surface area contributed by atoms with Gasteiger partial charge in [0.2, 0.25) is 47.3 Å². The number of esters is 9. The van der Waals surface area contributed by atoms with Crippen LogP contribution in [0.2, 0.25) is 0 Å². The summed E-state index contributed by atoms with van der Waals surface area (Å²) < 4.78 is 133. The lowest BCUT2D eigenvalue weighted by Gasteiger charge is -2.44. The third-order valence-electron chi connectivity index (χ3n) is 19.6. The SMILES string of the molecule is CCN(C(C)C)P(OCCC#N)O[C@H]1CC[C@@H](C(=O)NC(CCC(=O)NCCOCCOCCOC2OC(COC(C)=O)C(OC(C)=O)C(OC(C)=O)C2NC(C)=O)C(=O)N(CC(=O)NCCOCCOCCOC2OC(COC(C)=O)C(OC(C)=O)C(OC(C)=O)C2NC(C)=O)CC(=O)NCCOCCOCCOC2OC(COC(C)=O)C(OC(C)=O)C(OC(C)=O)C2NC(C)=O)CC1. The van der Waals surface area contributed by atoms with E-state index >= 15 is 4.79 Å². The molecule has 3 heterocycles. The maximum Gasteiger partial charge on any atom is 0.303 e. The van der Waals surface area contributed by atoms with Crippen LogP contribution in [0.1, 0.15) is 149 Å². The summed E-state index contributed by atoms with van der Waals surface area (Å²) in [5.74, 6) is -12.9. The predicted octanol–water partition coefficient (Wildman–Crippen LogP) is -1.99. The van der Waals surface area contributed by atoms with Crippen LogP contribution in [0, 0.1) is 17.2 Å². The number of rotatable bonds is 63. The molecule has 7 N–H and O–H groups in total. The van der Waals surface area contributed by atoms with Gasteiger partial charge in [0.25, 0.3) is 8.53 Å². The van der Waals surface area contributed by atoms with Crippen LogP contribution in [0.25, 0.3) is 0 Å². The zero-order chi connectivity index (χ0) is 100. The lowest BCUT2D eigenvalue weighted by Crippen LogP contribution is -2.66. The highest BCUT2D eigenvalue weighted by Gasteiger charge is 2.55. The summed E-state index contributed by atoms with van der Waals surface area (Å²) in [5, 5.41) is 27.9. The van der Waals surface area contributed by atoms with E-state index < -0.39 is 246 Å². The molecular formula is C84H135N10O40P. The van der Waals surface area contributed by atoms with Crippen LogP contribution < -0.4 is 37.2 Å². The first-order valence-corrected chi connectivity index (χ1v) is 45.5. The van der Waals surface area contributed by atoms with Gasteiger partial charge in [-0.05, 0) is 46.0 Å². The van der Waals surface area contributed by atoms with Crippen molar-refractivity contribution in [3.8, 4) is 6.07 Å². The van der Waals surface area contributed by atoms with E-state index in [2.05, 4.69) is 43.3 Å². The minimum absolute atomic E-state index is 0.00475. The van der Waals surface area contributed by atoms with E-state index in [-0.39, 0.29) is 157 Å². The van der Waals surface area contributed by atoms with Gasteiger partial charge in [-0.2, -0.15) is 5.26 Å². The number of amides is 8. The Bertz CT molecular complexity index is 3680. The molecule has 135 heavy (non-hydrogen) atoms. The highest BCUT2D eigenvalue weighted by molar-refractivity contribution is 7.44. The number of hydrogen-bond donors (Lipinski definition) is 7. The Kier molecular flexibility index (Phi) is 56.8. The minimum Gasteiger partial charge on any atom is -0.463 e. The molecule has 4 aliphatic rings. The van der Waals surface area contributed by atoms with Crippen LogP contribution in [-0.4, -0.2) is 385 Å². The van der Waals surface area contributed by atoms with E-state index in [0.29, 0.717) is 32.2 Å². The molecule has 4 fully saturated rings. The van der Waals surface area contributed by atoms with Crippen molar-refractivity contribution in [3.63, 3.8) is 0 Å². The lowest BCUT2D eigenvalue weighted by atomic mass is 9.86. The van der Waals surface area contributed by atoms with Crippen LogP contribution in [-0.2, 0) is 190 Å². The fourth-order valence-corrected chi connectivity index (χ4v) is 15.7. The van der Waals surface area contributed by atoms with Gasteiger partial charge in [-0.3, -0.25) is 81.5 Å². The second kappa shape index (κ2) is 65.2. The van der Waals surface area contributed by atoms with Crippen molar-refractivity contribution in [2.24, 2.45) is 5.92 Å². The molecule has 3 aliphatic heterocycles. The Labute approximate surface area is 784 Å². The average molecular weight is 1960 g/mol. The largest absolute Gasteiger partial charge is 0.463 e. The smallest absolute Gasteiger partial charge is 0.303 e. The first-order valence-electron chi connectivity index (χ1n) is 44.4. The molecule has 0 aromatic rings. The number of nitrogens with one attached hydrogen (secondary N) is 7. The molecule has 1 aliphatic carbocycles. The average Bonchev–Trinajstić information content (AvgIpc) is 0.792. The quantitative estimate of drug-likeness (QED) is 0.0150. The van der Waals surface area contributed by atoms with Crippen LogP contribution in [0.15, 0.2) is 0 Å². The van der Waals surface area contributed by atoms with Crippen molar-refractivity contribution < 1.29 is 190 Å². The van der Waals surface area contributed by atoms with Crippen molar-refractivity contribution in [1.29, 1.82) is 5.26 Å². The van der Waals surface area contributed by atoms with Crippen molar-refractivity contribution in [1.82, 2.24) is 46.8 Å². The fourth-order valence-electron chi connectivity index (χ4n) is 14.1. The minimum atomic E-state index is -1.59. The Morgan fingerprint density at radius 1 is 0.407 bits per heavy atom. The molecule has 0 aromatic carbocycles. The third-order valence-corrected chi connectivity index (χ3v) is 21.7. The third kappa shape index (κ3) is 47.3. The number of carbonyl (C=O) groups excluding carboxylic acids is 17. The van der Waals surface area contributed by atoms with Crippen molar-refractivity contribution in [2.75, 3.05) is 165 Å². The van der Waals surface area contributed by atoms with Gasteiger partial charge < -0.3 is 151 Å². The Morgan fingerprint density at radius 2 is 0.726 bits per heavy atom. The Balaban J connectivity index is 1.49. The molecule has 17 atom stereocenters. The summed E-state index contributed by atoms with van der Waals surface area (Å²) in [4.78, 5) is 218. The van der Waals surface area contributed by atoms with Gasteiger partial charge in [0.15, 0.2) is 55.5 Å². The second-order valence-corrected chi connectivity index (χ2v) is 32.7. The Hall–Kier alpha value is -9.69. The molecule has 0 aromatic heterocycles. The molecule has 50 nitrogen and oxygen atoms in total. The standard InChI is InChI=1S/C84H135N10O40P/c1-16-94(49(2)3)135(124-28-17-24-85)134-63-20-18-62(19-21-63)80(110)92-64(22-23-68(107)86-25-29-112-32-35-115-38-41-118-82-71(89-50(4)95)77(128-59(13)104)74(125-56(10)101)65(131-82)46-121-53(7)98)81(111)93(44-69(108)87-26-30-113-33-36-116-39-42-119-83-72(90-51(5)96)78(129-60(14)105)75(126-57(11)102)66(132-83)47-122-54(8)99)45-70(109)88-27-31-114-34-37-117-40-43-120-84-73(91-52(6)97)79(130-61(15)106)76(127-58(12)103)67(133-84)48-123-55(9)100/h49,62-67,71-79,82-84H,16-23,25-48H2,1-15H3,(H,86,107)(H,87,108)(H,88,109)(H,89,95)(H,90,96)(H,91,97)(H,92,110)/t62-,63+,64?,65?,66?,67?,71?,72?,73?,74?,75?,76?,77?,78?,79?,82?,83?,84?,135?. The normalized spacial score (nSPS) is 23.5. The first kappa shape index (κ1) is 118. The highest BCUT2D eigenvalue weighted by Crippen LogP contribution is 2.48. The topological polar surface area (TPSA) is 617 Å². The van der Waals surface area contributed by atoms with E-state index in [1.54, 1.807) is 0 Å². The molecule has 0 spiro atoms. The van der Waals surface area contributed by atoms with E-state index in [0.717, 1.165) is 67.2 Å². The van der Waals surface area contributed by atoms with E-state index in [4.69, 9.17) is 109 Å². The summed E-state index contributed by atoms with van der Waals surface area (Å²) in [6, 6.07) is -3.09. The van der Waals surface area contributed by atoms with Gasteiger partial charge in [0.1, 0.15) is 75.4 Å². The molecule has 8 amide bonds. The van der Waals surface area contributed by atoms with Gasteiger partial charge in [0, 0.05) is 128 Å². The molecular weight excluding hydrogens is 1820 g/mol. The van der Waals surface area contributed by atoms with Gasteiger partial charge in [-0.15, -0.1) is 0 Å². The number of ether oxygens (including phenoxy) is 21. The fraction of sp³-hybridized carbons (Fsp3) is 0.786. The summed E-state index contributed by atoms with van der Waals surface area (Å²) in [7, 11) is -1.59. The van der Waals surface area contributed by atoms with Crippen molar-refractivity contribution in [3.05, 3.63) is 0 Å². The summed E-state index contributed by atoms with van der Waals surface area (Å²) in [6.07, 6.45) is -15.3. The van der Waals surface area contributed by atoms with Crippen LogP contribution in [0.4, 0.5) is 0 Å². The monoisotopic (exact) mass is 1950 g/mol. The van der Waals surface area contributed by atoms with Gasteiger partial charge in [-0.25, -0.2) is 4.67 Å². The van der Waals surface area contributed by atoms with E-state index in [9.17, 15) is 82.0 Å². The van der Waals surface area contributed by atoms with Gasteiger partial charge in [-0.1, -0.05) is 6.92 Å². The first-order chi connectivity index (χ1) is 64.2. The predicted molar refractivity (Wildman–Crippen MR) is 459 cm³/mol.